The number of sulfonamides is 1. The van der Waals surface area contributed by atoms with Gasteiger partial charge in [0, 0.05) is 22.7 Å². The van der Waals surface area contributed by atoms with E-state index in [4.69, 9.17) is 16.4 Å². The third-order valence-corrected chi connectivity index (χ3v) is 8.51. The number of halogens is 1. The van der Waals surface area contributed by atoms with Crippen LogP contribution in [0.1, 0.15) is 64.8 Å². The van der Waals surface area contributed by atoms with Crippen LogP contribution in [0.15, 0.2) is 66.9 Å². The number of rotatable bonds is 8. The molecule has 1 saturated carbocycles. The molecule has 10 nitrogen and oxygen atoms in total. The molecule has 1 aromatic heterocycles. The Hall–Kier alpha value is -3.51. The maximum Gasteiger partial charge on any atom is 0.255 e. The molecule has 0 saturated heterocycles. The van der Waals surface area contributed by atoms with Crippen LogP contribution in [0.5, 0.6) is 5.75 Å². The van der Waals surface area contributed by atoms with E-state index in [1.54, 1.807) is 59.5 Å². The fraction of sp³-hybridized carbons (Fsp3) is 0.345. The molecule has 1 aliphatic carbocycles. The summed E-state index contributed by atoms with van der Waals surface area (Å²) < 4.78 is 27.3. The number of carbonyl (C=O) groups excluding carboxylic acids is 2. The van der Waals surface area contributed by atoms with E-state index in [1.165, 1.54) is 12.3 Å². The summed E-state index contributed by atoms with van der Waals surface area (Å²) >= 11 is 6.20. The standard InChI is InChI=1S/C29H31ClN4O6S/c1-41(38,39)33-24-8-4-5-9-25(24)34-27(18-10-12-19(30)13-11-18)26(22-6-2-3-7-23(22)29(34)37)28(36)32-40-17-20-14-15-21(35)16-31-20/h2-3,6-7,10-16,24-27,33,35H,4-5,8-9,17H2,1H3,(H,32,36)/t24-,25-,26+,27-/m0/s1. The highest BCUT2D eigenvalue weighted by atomic mass is 35.5. The van der Waals surface area contributed by atoms with E-state index in [-0.39, 0.29) is 18.3 Å². The van der Waals surface area contributed by atoms with Crippen LogP contribution in [0.4, 0.5) is 0 Å². The van der Waals surface area contributed by atoms with Crippen LogP contribution in [-0.2, 0) is 26.3 Å². The zero-order valence-corrected chi connectivity index (χ0v) is 23.9. The molecule has 0 radical (unpaired) electrons. The van der Waals surface area contributed by atoms with Crippen molar-refractivity contribution in [3.05, 3.63) is 94.3 Å². The number of hydroxylamine groups is 1. The van der Waals surface area contributed by atoms with E-state index in [1.807, 2.05) is 0 Å². The number of nitrogens with zero attached hydrogens (tertiary/aromatic N) is 2. The van der Waals surface area contributed by atoms with Crippen molar-refractivity contribution < 1.29 is 28.0 Å². The molecule has 2 aromatic carbocycles. The maximum absolute atomic E-state index is 14.2. The topological polar surface area (TPSA) is 138 Å². The van der Waals surface area contributed by atoms with Crippen molar-refractivity contribution in [2.45, 2.75) is 56.3 Å². The molecule has 4 atom stereocenters. The Bertz CT molecular complexity index is 1520. The van der Waals surface area contributed by atoms with Crippen LogP contribution in [-0.4, -0.2) is 53.6 Å². The highest BCUT2D eigenvalue weighted by molar-refractivity contribution is 7.88. The molecule has 2 amide bonds. The van der Waals surface area contributed by atoms with E-state index in [0.29, 0.717) is 40.2 Å². The monoisotopic (exact) mass is 598 g/mol. The lowest BCUT2D eigenvalue weighted by Crippen LogP contribution is -2.59. The minimum absolute atomic E-state index is 0.0125. The van der Waals surface area contributed by atoms with Crippen molar-refractivity contribution in [1.29, 1.82) is 0 Å². The summed E-state index contributed by atoms with van der Waals surface area (Å²) in [6, 6.07) is 15.2. The Kier molecular flexibility index (Phi) is 8.60. The third kappa shape index (κ3) is 6.54. The summed E-state index contributed by atoms with van der Waals surface area (Å²) in [5.74, 6) is -1.61. The molecule has 1 aliphatic heterocycles. The first-order valence-electron chi connectivity index (χ1n) is 13.3. The Balaban J connectivity index is 1.55. The number of carbonyl (C=O) groups is 2. The molecule has 1 fully saturated rings. The van der Waals surface area contributed by atoms with Gasteiger partial charge in [0.1, 0.15) is 12.4 Å². The van der Waals surface area contributed by atoms with Gasteiger partial charge >= 0.3 is 0 Å². The maximum atomic E-state index is 14.2. The van der Waals surface area contributed by atoms with Crippen LogP contribution in [0.3, 0.4) is 0 Å². The minimum Gasteiger partial charge on any atom is -0.506 e. The molecular weight excluding hydrogens is 568 g/mol. The van der Waals surface area contributed by atoms with Gasteiger partial charge in [0.25, 0.3) is 11.8 Å². The number of amides is 2. The lowest BCUT2D eigenvalue weighted by atomic mass is 9.76. The van der Waals surface area contributed by atoms with Gasteiger partial charge in [-0.3, -0.25) is 19.4 Å². The third-order valence-electron chi connectivity index (χ3n) is 7.52. The summed E-state index contributed by atoms with van der Waals surface area (Å²) in [4.78, 5) is 39.4. The molecule has 0 spiro atoms. The first kappa shape index (κ1) is 29.0. The van der Waals surface area contributed by atoms with Gasteiger partial charge in [-0.2, -0.15) is 0 Å². The van der Waals surface area contributed by atoms with Crippen molar-refractivity contribution in [2.75, 3.05) is 6.26 Å². The fourth-order valence-corrected chi connectivity index (χ4v) is 6.77. The van der Waals surface area contributed by atoms with Gasteiger partial charge in [0.2, 0.25) is 10.0 Å². The van der Waals surface area contributed by atoms with Crippen LogP contribution in [0, 0.1) is 0 Å². The molecule has 3 aromatic rings. The summed E-state index contributed by atoms with van der Waals surface area (Å²) in [5, 5.41) is 9.97. The second kappa shape index (κ2) is 12.2. The fourth-order valence-electron chi connectivity index (χ4n) is 5.82. The van der Waals surface area contributed by atoms with Crippen molar-refractivity contribution in [3.8, 4) is 5.75 Å². The SMILES string of the molecule is CS(=O)(=O)N[C@H]1CCCC[C@@H]1N1C(=O)c2ccccc2[C@@H](C(=O)NOCc2ccc(O)cn2)[C@@H]1c1ccc(Cl)cc1. The zero-order valence-electron chi connectivity index (χ0n) is 22.4. The Morgan fingerprint density at radius 1 is 1.10 bits per heavy atom. The molecule has 0 unspecified atom stereocenters. The average molecular weight is 599 g/mol. The Labute approximate surface area is 243 Å². The highest BCUT2D eigenvalue weighted by Gasteiger charge is 2.49. The molecule has 3 N–H and O–H groups in total. The highest BCUT2D eigenvalue weighted by Crippen LogP contribution is 2.46. The van der Waals surface area contributed by atoms with E-state index >= 15 is 0 Å². The molecule has 41 heavy (non-hydrogen) atoms. The first-order chi connectivity index (χ1) is 19.6. The van der Waals surface area contributed by atoms with Gasteiger partial charge in [0.05, 0.1) is 30.1 Å². The van der Waals surface area contributed by atoms with Crippen molar-refractivity contribution >= 4 is 33.4 Å². The van der Waals surface area contributed by atoms with E-state index in [9.17, 15) is 23.1 Å². The lowest BCUT2D eigenvalue weighted by Gasteiger charge is -2.49. The van der Waals surface area contributed by atoms with Gasteiger partial charge in [0.15, 0.2) is 0 Å². The second-order valence-electron chi connectivity index (χ2n) is 10.4. The molecule has 0 bridgehead atoms. The average Bonchev–Trinajstić information content (AvgIpc) is 2.94. The molecular formula is C29H31ClN4O6S. The minimum atomic E-state index is -3.56. The lowest BCUT2D eigenvalue weighted by molar-refractivity contribution is -0.138. The van der Waals surface area contributed by atoms with Crippen LogP contribution < -0.4 is 10.2 Å². The van der Waals surface area contributed by atoms with Gasteiger partial charge in [-0.25, -0.2) is 18.6 Å². The number of pyridine rings is 1. The summed E-state index contributed by atoms with van der Waals surface area (Å²) in [6.07, 6.45) is 5.16. The van der Waals surface area contributed by atoms with Crippen LogP contribution in [0.25, 0.3) is 0 Å². The molecule has 216 valence electrons. The number of nitrogens with one attached hydrogen (secondary N) is 2. The predicted octanol–water partition coefficient (Wildman–Crippen LogP) is 3.83. The number of benzene rings is 2. The van der Waals surface area contributed by atoms with Crippen molar-refractivity contribution in [3.63, 3.8) is 0 Å². The number of aromatic nitrogens is 1. The smallest absolute Gasteiger partial charge is 0.255 e. The van der Waals surface area contributed by atoms with Gasteiger partial charge < -0.3 is 10.0 Å². The number of hydrogen-bond donors (Lipinski definition) is 3. The van der Waals surface area contributed by atoms with Gasteiger partial charge in [-0.1, -0.05) is 54.8 Å². The van der Waals surface area contributed by atoms with E-state index < -0.39 is 40.0 Å². The molecule has 5 rings (SSSR count). The molecule has 2 aliphatic rings. The second-order valence-corrected chi connectivity index (χ2v) is 12.6. The normalized spacial score (nSPS) is 22.7. The quantitative estimate of drug-likeness (QED) is 0.335. The van der Waals surface area contributed by atoms with E-state index in [0.717, 1.165) is 19.1 Å². The zero-order chi connectivity index (χ0) is 29.1. The van der Waals surface area contributed by atoms with Crippen LogP contribution >= 0.6 is 11.6 Å². The number of aromatic hydroxyl groups is 1. The number of hydrogen-bond acceptors (Lipinski definition) is 7. The predicted molar refractivity (Wildman–Crippen MR) is 152 cm³/mol. The molecule has 12 heteroatoms. The Morgan fingerprint density at radius 3 is 2.54 bits per heavy atom. The van der Waals surface area contributed by atoms with E-state index in [2.05, 4.69) is 15.2 Å². The summed E-state index contributed by atoms with van der Waals surface area (Å²) in [5.41, 5.74) is 4.63. The Morgan fingerprint density at radius 2 is 1.83 bits per heavy atom. The van der Waals surface area contributed by atoms with Gasteiger partial charge in [-0.15, -0.1) is 0 Å². The van der Waals surface area contributed by atoms with Gasteiger partial charge in [-0.05, 0) is 54.3 Å². The largest absolute Gasteiger partial charge is 0.506 e. The van der Waals surface area contributed by atoms with Crippen molar-refractivity contribution in [1.82, 2.24) is 20.1 Å². The summed E-state index contributed by atoms with van der Waals surface area (Å²) in [7, 11) is -3.56. The number of fused-ring (bicyclic) bond motifs is 1. The summed E-state index contributed by atoms with van der Waals surface area (Å²) in [6.45, 7) is -0.0440. The first-order valence-corrected chi connectivity index (χ1v) is 15.6. The molecule has 2 heterocycles. The van der Waals surface area contributed by atoms with Crippen LogP contribution in [0.2, 0.25) is 5.02 Å². The van der Waals surface area contributed by atoms with Crippen molar-refractivity contribution in [2.24, 2.45) is 0 Å².